The van der Waals surface area contributed by atoms with Crippen molar-refractivity contribution in [3.63, 3.8) is 0 Å². The Morgan fingerprint density at radius 1 is 1.29 bits per heavy atom. The normalized spacial score (nSPS) is 10.6. The second-order valence-electron chi connectivity index (χ2n) is 3.30. The van der Waals surface area contributed by atoms with Gasteiger partial charge >= 0.3 is 0 Å². The second-order valence-corrected chi connectivity index (χ2v) is 3.30. The highest BCUT2D eigenvalue weighted by atomic mass is 19.1. The van der Waals surface area contributed by atoms with Gasteiger partial charge in [0.25, 0.3) is 5.91 Å². The van der Waals surface area contributed by atoms with Gasteiger partial charge in [0.1, 0.15) is 5.82 Å². The number of carbonyl (C=O) groups excluding carboxylic acids is 1. The molecule has 2 aromatic rings. The molecule has 4 nitrogen and oxygen atoms in total. The average Bonchev–Trinajstić information content (AvgIpc) is 2.82. The summed E-state index contributed by atoms with van der Waals surface area (Å²) < 4.78 is 13.2. The fraction of sp³-hybridized carbons (Fsp3) is 0. The summed E-state index contributed by atoms with van der Waals surface area (Å²) in [5.41, 5.74) is 2.97. The van der Waals surface area contributed by atoms with Crippen LogP contribution >= 0.6 is 0 Å². The molecular formula is C12H10FN3O. The molecule has 0 aliphatic rings. The van der Waals surface area contributed by atoms with E-state index in [9.17, 15) is 9.18 Å². The van der Waals surface area contributed by atoms with Gasteiger partial charge in [-0.05, 0) is 24.3 Å². The van der Waals surface area contributed by atoms with Gasteiger partial charge in [-0.3, -0.25) is 4.79 Å². The molecule has 2 rings (SSSR count). The topological polar surface area (TPSA) is 57.2 Å². The van der Waals surface area contributed by atoms with Gasteiger partial charge in [0, 0.05) is 6.20 Å². The number of aromatic amines is 1. The Hall–Kier alpha value is -2.43. The van der Waals surface area contributed by atoms with Crippen LogP contribution in [0.1, 0.15) is 16.1 Å². The van der Waals surface area contributed by atoms with E-state index >= 15 is 0 Å². The van der Waals surface area contributed by atoms with Crippen molar-refractivity contribution in [2.24, 2.45) is 5.10 Å². The lowest BCUT2D eigenvalue weighted by atomic mass is 10.2. The van der Waals surface area contributed by atoms with Crippen molar-refractivity contribution in [1.82, 2.24) is 10.4 Å². The van der Waals surface area contributed by atoms with Crippen molar-refractivity contribution in [2.75, 3.05) is 0 Å². The Morgan fingerprint density at radius 3 is 2.82 bits per heavy atom. The smallest absolute Gasteiger partial charge is 0.274 e. The van der Waals surface area contributed by atoms with E-state index in [0.717, 1.165) is 5.69 Å². The number of hydrogen-bond acceptors (Lipinski definition) is 2. The fourth-order valence-corrected chi connectivity index (χ4v) is 1.29. The SMILES string of the molecule is O=C(N/N=C/c1ccc[nH]1)c1ccccc1F. The van der Waals surface area contributed by atoms with Crippen LogP contribution in [0.4, 0.5) is 4.39 Å². The maximum Gasteiger partial charge on any atom is 0.274 e. The van der Waals surface area contributed by atoms with Crippen LogP contribution in [-0.4, -0.2) is 17.1 Å². The minimum atomic E-state index is -0.578. The van der Waals surface area contributed by atoms with E-state index in [2.05, 4.69) is 15.5 Å². The molecular weight excluding hydrogens is 221 g/mol. The summed E-state index contributed by atoms with van der Waals surface area (Å²) in [5.74, 6) is -1.15. The summed E-state index contributed by atoms with van der Waals surface area (Å²) >= 11 is 0. The average molecular weight is 231 g/mol. The number of H-pyrrole nitrogens is 1. The third-order valence-electron chi connectivity index (χ3n) is 2.11. The van der Waals surface area contributed by atoms with Crippen LogP contribution in [0.15, 0.2) is 47.7 Å². The summed E-state index contributed by atoms with van der Waals surface area (Å²) in [7, 11) is 0. The predicted molar refractivity (Wildman–Crippen MR) is 62.3 cm³/mol. The number of nitrogens with one attached hydrogen (secondary N) is 2. The van der Waals surface area contributed by atoms with Gasteiger partial charge in [0.15, 0.2) is 0 Å². The van der Waals surface area contributed by atoms with Gasteiger partial charge in [0.05, 0.1) is 17.5 Å². The minimum absolute atomic E-state index is 0.0314. The van der Waals surface area contributed by atoms with Crippen LogP contribution in [0.3, 0.4) is 0 Å². The maximum atomic E-state index is 13.2. The first kappa shape index (κ1) is 11.1. The number of amides is 1. The molecule has 0 saturated heterocycles. The molecule has 1 aromatic carbocycles. The molecule has 1 aromatic heterocycles. The van der Waals surface area contributed by atoms with Gasteiger partial charge in [0.2, 0.25) is 0 Å². The zero-order chi connectivity index (χ0) is 12.1. The molecule has 0 saturated carbocycles. The molecule has 0 radical (unpaired) electrons. The highest BCUT2D eigenvalue weighted by Gasteiger charge is 2.08. The van der Waals surface area contributed by atoms with Crippen LogP contribution in [0, 0.1) is 5.82 Å². The summed E-state index contributed by atoms with van der Waals surface area (Å²) in [6.45, 7) is 0. The number of hydrogen-bond donors (Lipinski definition) is 2. The molecule has 1 heterocycles. The number of rotatable bonds is 3. The van der Waals surface area contributed by atoms with E-state index in [0.29, 0.717) is 0 Å². The molecule has 86 valence electrons. The molecule has 0 atom stereocenters. The molecule has 17 heavy (non-hydrogen) atoms. The minimum Gasteiger partial charge on any atom is -0.360 e. The molecule has 0 bridgehead atoms. The van der Waals surface area contributed by atoms with Crippen molar-refractivity contribution < 1.29 is 9.18 Å². The summed E-state index contributed by atoms with van der Waals surface area (Å²) in [6, 6.07) is 9.33. The van der Waals surface area contributed by atoms with E-state index in [1.54, 1.807) is 24.4 Å². The Kier molecular flexibility index (Phi) is 3.30. The van der Waals surface area contributed by atoms with Crippen molar-refractivity contribution in [3.8, 4) is 0 Å². The zero-order valence-corrected chi connectivity index (χ0v) is 8.85. The maximum absolute atomic E-state index is 13.2. The van der Waals surface area contributed by atoms with E-state index in [-0.39, 0.29) is 5.56 Å². The third-order valence-corrected chi connectivity index (χ3v) is 2.11. The quantitative estimate of drug-likeness (QED) is 0.615. The number of aromatic nitrogens is 1. The largest absolute Gasteiger partial charge is 0.360 e. The van der Waals surface area contributed by atoms with Crippen LogP contribution in [0.25, 0.3) is 0 Å². The number of halogens is 1. The Labute approximate surface area is 97.2 Å². The number of carbonyl (C=O) groups is 1. The molecule has 1 amide bonds. The Morgan fingerprint density at radius 2 is 2.12 bits per heavy atom. The number of hydrazone groups is 1. The second kappa shape index (κ2) is 5.07. The fourth-order valence-electron chi connectivity index (χ4n) is 1.29. The van der Waals surface area contributed by atoms with Crippen LogP contribution in [-0.2, 0) is 0 Å². The third kappa shape index (κ3) is 2.78. The first-order chi connectivity index (χ1) is 8.27. The molecule has 0 aliphatic heterocycles. The molecule has 0 aliphatic carbocycles. The van der Waals surface area contributed by atoms with Crippen LogP contribution in [0.2, 0.25) is 0 Å². The first-order valence-electron chi connectivity index (χ1n) is 4.98. The summed E-state index contributed by atoms with van der Waals surface area (Å²) in [4.78, 5) is 14.4. The van der Waals surface area contributed by atoms with Gasteiger partial charge in [-0.1, -0.05) is 12.1 Å². The Balaban J connectivity index is 2.01. The highest BCUT2D eigenvalue weighted by Crippen LogP contribution is 2.05. The summed E-state index contributed by atoms with van der Waals surface area (Å²) in [5, 5.41) is 3.71. The monoisotopic (exact) mass is 231 g/mol. The zero-order valence-electron chi connectivity index (χ0n) is 8.85. The molecule has 0 fully saturated rings. The molecule has 0 unspecified atom stereocenters. The number of nitrogens with zero attached hydrogens (tertiary/aromatic N) is 1. The summed E-state index contributed by atoms with van der Waals surface area (Å²) in [6.07, 6.45) is 3.18. The van der Waals surface area contributed by atoms with Crippen molar-refractivity contribution in [3.05, 3.63) is 59.7 Å². The van der Waals surface area contributed by atoms with Crippen molar-refractivity contribution >= 4 is 12.1 Å². The van der Waals surface area contributed by atoms with Crippen molar-refractivity contribution in [2.45, 2.75) is 0 Å². The van der Waals surface area contributed by atoms with Crippen molar-refractivity contribution in [1.29, 1.82) is 0 Å². The number of benzene rings is 1. The molecule has 5 heteroatoms. The lowest BCUT2D eigenvalue weighted by Crippen LogP contribution is -2.18. The predicted octanol–water partition coefficient (Wildman–Crippen LogP) is 1.92. The van der Waals surface area contributed by atoms with Crippen LogP contribution in [0.5, 0.6) is 0 Å². The van der Waals surface area contributed by atoms with E-state index in [1.165, 1.54) is 24.4 Å². The van der Waals surface area contributed by atoms with Gasteiger partial charge < -0.3 is 4.98 Å². The van der Waals surface area contributed by atoms with Crippen LogP contribution < -0.4 is 5.43 Å². The molecule has 0 spiro atoms. The molecule has 2 N–H and O–H groups in total. The standard InChI is InChI=1S/C12H10FN3O/c13-11-6-2-1-5-10(11)12(17)16-15-8-9-4-3-7-14-9/h1-8,14H,(H,16,17)/b15-8+. The van der Waals surface area contributed by atoms with E-state index in [1.807, 2.05) is 0 Å². The lowest BCUT2D eigenvalue weighted by Gasteiger charge is -2.00. The van der Waals surface area contributed by atoms with E-state index in [4.69, 9.17) is 0 Å². The Bertz CT molecular complexity index is 534. The van der Waals surface area contributed by atoms with E-state index < -0.39 is 11.7 Å². The van der Waals surface area contributed by atoms with Gasteiger partial charge in [-0.2, -0.15) is 5.10 Å². The first-order valence-corrected chi connectivity index (χ1v) is 4.98. The van der Waals surface area contributed by atoms with Gasteiger partial charge in [-0.25, -0.2) is 9.82 Å². The lowest BCUT2D eigenvalue weighted by molar-refractivity contribution is 0.0951. The van der Waals surface area contributed by atoms with Gasteiger partial charge in [-0.15, -0.1) is 0 Å². The highest BCUT2D eigenvalue weighted by molar-refractivity contribution is 5.94.